The molecule has 0 spiro atoms. The Balaban J connectivity index is 1.95. The predicted octanol–water partition coefficient (Wildman–Crippen LogP) is 5.28. The first kappa shape index (κ1) is 17.5. The summed E-state index contributed by atoms with van der Waals surface area (Å²) in [5.74, 6) is 0.946. The van der Waals surface area contributed by atoms with Crippen LogP contribution in [0.3, 0.4) is 0 Å². The molecule has 0 aromatic heterocycles. The molecule has 0 atom stereocenters. The van der Waals surface area contributed by atoms with Crippen molar-refractivity contribution in [3.8, 4) is 0 Å². The van der Waals surface area contributed by atoms with Gasteiger partial charge in [-0.1, -0.05) is 75.2 Å². The van der Waals surface area contributed by atoms with Crippen LogP contribution in [-0.4, -0.2) is 12.3 Å². The minimum Gasteiger partial charge on any atom is -0.266 e. The van der Waals surface area contributed by atoms with Crippen LogP contribution in [0.5, 0.6) is 0 Å². The zero-order chi connectivity index (χ0) is 18.1. The molecular formula is C22H29N3. The Labute approximate surface area is 151 Å². The third-order valence-corrected chi connectivity index (χ3v) is 4.78. The summed E-state index contributed by atoms with van der Waals surface area (Å²) < 4.78 is 0. The SMILES string of the molecule is Cc1cc(C)cc(C2=NNN(c3c(C(C)C)cccc3C(C)C)C2)c1. The van der Waals surface area contributed by atoms with Crippen LogP contribution in [0.2, 0.25) is 0 Å². The summed E-state index contributed by atoms with van der Waals surface area (Å²) in [6, 6.07) is 13.3. The van der Waals surface area contributed by atoms with Crippen LogP contribution in [0, 0.1) is 13.8 Å². The van der Waals surface area contributed by atoms with Crippen molar-refractivity contribution in [1.82, 2.24) is 5.53 Å². The van der Waals surface area contributed by atoms with E-state index >= 15 is 0 Å². The minimum absolute atomic E-state index is 0.473. The first-order valence-corrected chi connectivity index (χ1v) is 9.18. The monoisotopic (exact) mass is 335 g/mol. The van der Waals surface area contributed by atoms with Gasteiger partial charge in [0, 0.05) is 5.56 Å². The van der Waals surface area contributed by atoms with Gasteiger partial charge in [-0.05, 0) is 36.8 Å². The minimum atomic E-state index is 0.473. The average molecular weight is 335 g/mol. The smallest absolute Gasteiger partial charge is 0.0910 e. The van der Waals surface area contributed by atoms with Crippen LogP contribution in [-0.2, 0) is 0 Å². The quantitative estimate of drug-likeness (QED) is 0.823. The van der Waals surface area contributed by atoms with Gasteiger partial charge in [-0.3, -0.25) is 5.01 Å². The lowest BCUT2D eigenvalue weighted by Crippen LogP contribution is -2.33. The fourth-order valence-electron chi connectivity index (χ4n) is 3.59. The average Bonchev–Trinajstić information content (AvgIpc) is 3.02. The topological polar surface area (TPSA) is 27.6 Å². The van der Waals surface area contributed by atoms with Gasteiger partial charge in [-0.2, -0.15) is 5.10 Å². The van der Waals surface area contributed by atoms with Crippen molar-refractivity contribution in [2.24, 2.45) is 5.10 Å². The summed E-state index contributed by atoms with van der Waals surface area (Å²) in [6.45, 7) is 14.1. The number of benzene rings is 2. The Kier molecular flexibility index (Phi) is 4.85. The standard InChI is InChI=1S/C22H29N3/c1-14(2)19-8-7-9-20(15(3)4)22(19)25-13-21(23-24-25)18-11-16(5)10-17(6)12-18/h7-12,14-15,24H,13H2,1-6H3. The fourth-order valence-corrected chi connectivity index (χ4v) is 3.59. The molecule has 1 heterocycles. The fraction of sp³-hybridized carbons (Fsp3) is 0.409. The molecule has 0 radical (unpaired) electrons. The lowest BCUT2D eigenvalue weighted by atomic mass is 9.92. The van der Waals surface area contributed by atoms with E-state index in [1.807, 2.05) is 0 Å². The van der Waals surface area contributed by atoms with Crippen LogP contribution >= 0.6 is 0 Å². The molecule has 132 valence electrons. The van der Waals surface area contributed by atoms with Gasteiger partial charge < -0.3 is 0 Å². The van der Waals surface area contributed by atoms with Crippen molar-refractivity contribution in [2.75, 3.05) is 11.6 Å². The Bertz CT molecular complexity index is 756. The molecule has 0 unspecified atom stereocenters. The molecule has 3 rings (SSSR count). The molecule has 3 heteroatoms. The van der Waals surface area contributed by atoms with Crippen molar-refractivity contribution >= 4 is 11.4 Å². The van der Waals surface area contributed by atoms with E-state index in [1.54, 1.807) is 0 Å². The largest absolute Gasteiger partial charge is 0.266 e. The predicted molar refractivity (Wildman–Crippen MR) is 108 cm³/mol. The number of nitrogens with zero attached hydrogens (tertiary/aromatic N) is 2. The Morgan fingerprint density at radius 3 is 2.00 bits per heavy atom. The van der Waals surface area contributed by atoms with Gasteiger partial charge in [-0.25, -0.2) is 5.53 Å². The first-order chi connectivity index (χ1) is 11.9. The highest BCUT2D eigenvalue weighted by Crippen LogP contribution is 2.35. The Morgan fingerprint density at radius 1 is 0.920 bits per heavy atom. The van der Waals surface area contributed by atoms with Crippen molar-refractivity contribution in [3.05, 3.63) is 64.2 Å². The van der Waals surface area contributed by atoms with Crippen LogP contribution in [0.25, 0.3) is 0 Å². The summed E-state index contributed by atoms with van der Waals surface area (Å²) in [5.41, 5.74) is 12.2. The zero-order valence-electron chi connectivity index (χ0n) is 16.2. The number of anilines is 1. The molecule has 1 N–H and O–H groups in total. The molecule has 2 aromatic carbocycles. The van der Waals surface area contributed by atoms with Gasteiger partial charge in [0.2, 0.25) is 0 Å². The number of hydrazine groups is 1. The van der Waals surface area contributed by atoms with Crippen LogP contribution in [0.1, 0.15) is 67.3 Å². The second-order valence-electron chi connectivity index (χ2n) is 7.72. The Morgan fingerprint density at radius 2 is 1.48 bits per heavy atom. The molecule has 1 aliphatic heterocycles. The van der Waals surface area contributed by atoms with Crippen LogP contribution in [0.15, 0.2) is 41.5 Å². The summed E-state index contributed by atoms with van der Waals surface area (Å²) in [6.07, 6.45) is 0. The van der Waals surface area contributed by atoms with E-state index in [0.717, 1.165) is 12.3 Å². The van der Waals surface area contributed by atoms with E-state index in [0.29, 0.717) is 11.8 Å². The third kappa shape index (κ3) is 3.55. The second-order valence-corrected chi connectivity index (χ2v) is 7.72. The van der Waals surface area contributed by atoms with Gasteiger partial charge in [0.05, 0.1) is 17.9 Å². The molecule has 0 bridgehead atoms. The maximum Gasteiger partial charge on any atom is 0.0910 e. The van der Waals surface area contributed by atoms with E-state index in [-0.39, 0.29) is 0 Å². The molecule has 2 aromatic rings. The normalized spacial score (nSPS) is 14.2. The number of hydrazone groups is 1. The number of hydrogen-bond donors (Lipinski definition) is 1. The number of rotatable bonds is 4. The molecule has 3 nitrogen and oxygen atoms in total. The van der Waals surface area contributed by atoms with Gasteiger partial charge in [0.25, 0.3) is 0 Å². The lowest BCUT2D eigenvalue weighted by molar-refractivity contribution is 0.719. The van der Waals surface area contributed by atoms with Crippen LogP contribution < -0.4 is 10.5 Å². The van der Waals surface area contributed by atoms with E-state index < -0.39 is 0 Å². The highest BCUT2D eigenvalue weighted by atomic mass is 15.7. The summed E-state index contributed by atoms with van der Waals surface area (Å²) in [7, 11) is 0. The molecule has 0 amide bonds. The van der Waals surface area contributed by atoms with E-state index in [9.17, 15) is 0 Å². The zero-order valence-corrected chi connectivity index (χ0v) is 16.2. The molecule has 0 saturated heterocycles. The lowest BCUT2D eigenvalue weighted by Gasteiger charge is -2.27. The second kappa shape index (κ2) is 6.91. The van der Waals surface area contributed by atoms with Gasteiger partial charge in [0.15, 0.2) is 0 Å². The first-order valence-electron chi connectivity index (χ1n) is 9.18. The molecule has 0 fully saturated rings. The van der Waals surface area contributed by atoms with E-state index in [1.165, 1.54) is 33.5 Å². The number of para-hydroxylation sites is 1. The number of nitrogens with one attached hydrogen (secondary N) is 1. The number of hydrogen-bond acceptors (Lipinski definition) is 3. The number of aryl methyl sites for hydroxylation is 2. The summed E-state index contributed by atoms with van der Waals surface area (Å²) in [5, 5.41) is 6.85. The van der Waals surface area contributed by atoms with Crippen molar-refractivity contribution in [2.45, 2.75) is 53.4 Å². The molecular weight excluding hydrogens is 306 g/mol. The Hall–Kier alpha value is -2.29. The maximum absolute atomic E-state index is 4.64. The molecule has 0 saturated carbocycles. The molecule has 25 heavy (non-hydrogen) atoms. The van der Waals surface area contributed by atoms with E-state index in [2.05, 4.69) is 93.6 Å². The highest BCUT2D eigenvalue weighted by Gasteiger charge is 2.24. The van der Waals surface area contributed by atoms with Gasteiger partial charge in [-0.15, -0.1) is 0 Å². The highest BCUT2D eigenvalue weighted by molar-refractivity contribution is 6.05. The molecule has 1 aliphatic rings. The summed E-state index contributed by atoms with van der Waals surface area (Å²) in [4.78, 5) is 0. The van der Waals surface area contributed by atoms with Gasteiger partial charge >= 0.3 is 0 Å². The summed E-state index contributed by atoms with van der Waals surface area (Å²) >= 11 is 0. The van der Waals surface area contributed by atoms with Crippen molar-refractivity contribution < 1.29 is 0 Å². The van der Waals surface area contributed by atoms with Crippen molar-refractivity contribution in [1.29, 1.82) is 0 Å². The van der Waals surface area contributed by atoms with E-state index in [4.69, 9.17) is 0 Å². The maximum atomic E-state index is 4.64. The third-order valence-electron chi connectivity index (χ3n) is 4.78. The van der Waals surface area contributed by atoms with Crippen molar-refractivity contribution in [3.63, 3.8) is 0 Å². The van der Waals surface area contributed by atoms with Crippen LogP contribution in [0.4, 0.5) is 5.69 Å². The van der Waals surface area contributed by atoms with Gasteiger partial charge in [0.1, 0.15) is 0 Å². The molecule has 0 aliphatic carbocycles.